The molecule has 0 aliphatic carbocycles. The molecule has 0 unspecified atom stereocenters. The fourth-order valence-electron chi connectivity index (χ4n) is 3.72. The van der Waals surface area contributed by atoms with Crippen molar-refractivity contribution in [3.63, 3.8) is 0 Å². The van der Waals surface area contributed by atoms with Gasteiger partial charge in [-0.2, -0.15) is 0 Å². The number of hydrogen-bond donors (Lipinski definition) is 2. The lowest BCUT2D eigenvalue weighted by Gasteiger charge is -2.33. The summed E-state index contributed by atoms with van der Waals surface area (Å²) in [7, 11) is 0. The molecule has 3 aromatic rings. The van der Waals surface area contributed by atoms with E-state index in [-0.39, 0.29) is 12.5 Å². The van der Waals surface area contributed by atoms with Crippen molar-refractivity contribution in [1.29, 1.82) is 0 Å². The molecule has 0 saturated carbocycles. The van der Waals surface area contributed by atoms with Crippen LogP contribution in [0.15, 0.2) is 41.1 Å². The maximum Gasteiger partial charge on any atom is 0.259 e. The maximum absolute atomic E-state index is 13.0. The van der Waals surface area contributed by atoms with Gasteiger partial charge < -0.3 is 19.7 Å². The van der Waals surface area contributed by atoms with Gasteiger partial charge in [-0.3, -0.25) is 4.79 Å². The van der Waals surface area contributed by atoms with Crippen LogP contribution in [0, 0.1) is 19.8 Å². The molecule has 1 aliphatic heterocycles. The number of carbonyl (C=O) groups excluding carboxylic acids is 1. The summed E-state index contributed by atoms with van der Waals surface area (Å²) in [4.78, 5) is 19.6. The molecule has 146 valence electrons. The quantitative estimate of drug-likeness (QED) is 0.719. The van der Waals surface area contributed by atoms with Gasteiger partial charge in [0.25, 0.3) is 5.91 Å². The van der Waals surface area contributed by atoms with Crippen LogP contribution >= 0.6 is 0 Å². The Morgan fingerprint density at radius 3 is 2.79 bits per heavy atom. The number of fused-ring (bicyclic) bond motifs is 1. The van der Waals surface area contributed by atoms with Crippen molar-refractivity contribution in [2.24, 2.45) is 5.92 Å². The second-order valence-corrected chi connectivity index (χ2v) is 7.52. The number of anilines is 2. The number of nitrogens with one attached hydrogen (secondary N) is 1. The number of aromatic nitrogens is 1. The molecule has 0 atom stereocenters. The number of benzene rings is 1. The molecule has 6 heteroatoms. The summed E-state index contributed by atoms with van der Waals surface area (Å²) in [5.41, 5.74) is 4.18. The summed E-state index contributed by atoms with van der Waals surface area (Å²) in [6.45, 7) is 5.92. The molecule has 0 bridgehead atoms. The first kappa shape index (κ1) is 18.5. The molecule has 28 heavy (non-hydrogen) atoms. The van der Waals surface area contributed by atoms with E-state index in [9.17, 15) is 9.90 Å². The molecule has 1 aromatic carbocycles. The van der Waals surface area contributed by atoms with Crippen LogP contribution in [0.5, 0.6) is 0 Å². The number of furan rings is 1. The molecular formula is C22H25N3O3. The molecule has 3 heterocycles. The summed E-state index contributed by atoms with van der Waals surface area (Å²) in [5.74, 6) is 0.913. The molecule has 1 fully saturated rings. The zero-order chi connectivity index (χ0) is 19.7. The maximum atomic E-state index is 13.0. The molecule has 1 saturated heterocycles. The van der Waals surface area contributed by atoms with Gasteiger partial charge in [-0.15, -0.1) is 0 Å². The Labute approximate surface area is 164 Å². The molecule has 2 aromatic heterocycles. The van der Waals surface area contributed by atoms with E-state index in [0.717, 1.165) is 48.3 Å². The number of carbonyl (C=O) groups is 1. The van der Waals surface area contributed by atoms with E-state index in [0.29, 0.717) is 22.8 Å². The van der Waals surface area contributed by atoms with Crippen LogP contribution in [0.25, 0.3) is 11.0 Å². The third kappa shape index (κ3) is 3.47. The first-order valence-electron chi connectivity index (χ1n) is 9.67. The number of amides is 1. The molecule has 0 spiro atoms. The van der Waals surface area contributed by atoms with E-state index in [2.05, 4.69) is 15.2 Å². The lowest BCUT2D eigenvalue weighted by Crippen LogP contribution is -2.35. The number of aliphatic hydroxyl groups is 1. The minimum Gasteiger partial charge on any atom is -0.463 e. The summed E-state index contributed by atoms with van der Waals surface area (Å²) < 4.78 is 5.60. The fraction of sp³-hybridized carbons (Fsp3) is 0.364. The van der Waals surface area contributed by atoms with Crippen molar-refractivity contribution in [3.05, 3.63) is 53.4 Å². The van der Waals surface area contributed by atoms with Gasteiger partial charge in [0, 0.05) is 31.3 Å². The smallest absolute Gasteiger partial charge is 0.259 e. The number of hydrogen-bond acceptors (Lipinski definition) is 5. The van der Waals surface area contributed by atoms with Crippen molar-refractivity contribution < 1.29 is 14.3 Å². The van der Waals surface area contributed by atoms with Crippen LogP contribution in [0.2, 0.25) is 0 Å². The zero-order valence-corrected chi connectivity index (χ0v) is 16.2. The van der Waals surface area contributed by atoms with Gasteiger partial charge in [0.1, 0.15) is 11.8 Å². The van der Waals surface area contributed by atoms with Crippen molar-refractivity contribution >= 4 is 28.4 Å². The molecule has 4 rings (SSSR count). The van der Waals surface area contributed by atoms with Crippen LogP contribution in [0.1, 0.15) is 34.3 Å². The molecule has 2 N–H and O–H groups in total. The van der Waals surface area contributed by atoms with Crippen molar-refractivity contribution in [1.82, 2.24) is 4.98 Å². The van der Waals surface area contributed by atoms with Gasteiger partial charge in [-0.1, -0.05) is 0 Å². The van der Waals surface area contributed by atoms with Gasteiger partial charge in [0.05, 0.1) is 11.3 Å². The van der Waals surface area contributed by atoms with Gasteiger partial charge >= 0.3 is 0 Å². The summed E-state index contributed by atoms with van der Waals surface area (Å²) >= 11 is 0. The monoisotopic (exact) mass is 379 g/mol. The van der Waals surface area contributed by atoms with Crippen LogP contribution < -0.4 is 10.2 Å². The van der Waals surface area contributed by atoms with E-state index in [1.165, 1.54) is 6.26 Å². The topological polar surface area (TPSA) is 78.6 Å². The normalized spacial score (nSPS) is 15.2. The zero-order valence-electron chi connectivity index (χ0n) is 16.2. The molecular weight excluding hydrogens is 354 g/mol. The highest BCUT2D eigenvalue weighted by Gasteiger charge is 2.23. The van der Waals surface area contributed by atoms with Gasteiger partial charge in [0.2, 0.25) is 0 Å². The summed E-state index contributed by atoms with van der Waals surface area (Å²) in [6.07, 6.45) is 5.10. The number of pyridine rings is 1. The lowest BCUT2D eigenvalue weighted by atomic mass is 9.98. The highest BCUT2D eigenvalue weighted by Crippen LogP contribution is 2.30. The average molecular weight is 379 g/mol. The van der Waals surface area contributed by atoms with Crippen LogP contribution in [-0.4, -0.2) is 35.7 Å². The number of nitrogens with zero attached hydrogens (tertiary/aromatic N) is 2. The van der Waals surface area contributed by atoms with E-state index in [1.807, 2.05) is 38.1 Å². The first-order valence-corrected chi connectivity index (χ1v) is 9.67. The van der Waals surface area contributed by atoms with Gasteiger partial charge in [-0.25, -0.2) is 4.98 Å². The van der Waals surface area contributed by atoms with E-state index in [1.54, 1.807) is 6.20 Å². The first-order chi connectivity index (χ1) is 13.6. The predicted octanol–water partition coefficient (Wildman–Crippen LogP) is 3.91. The Kier molecular flexibility index (Phi) is 5.05. The van der Waals surface area contributed by atoms with Gasteiger partial charge in [-0.05, 0) is 68.0 Å². The average Bonchev–Trinajstić information content (AvgIpc) is 3.11. The summed E-state index contributed by atoms with van der Waals surface area (Å²) in [5, 5.41) is 13.2. The van der Waals surface area contributed by atoms with E-state index >= 15 is 0 Å². The second kappa shape index (κ2) is 7.64. The Morgan fingerprint density at radius 1 is 1.29 bits per heavy atom. The SMILES string of the molecule is Cc1cc2occ(C(=O)Nc3cccnc3N3CCC(CO)CC3)c2cc1C. The Bertz CT molecular complexity index is 1000. The number of piperidine rings is 1. The standard InChI is InChI=1S/C22H25N3O3/c1-14-10-17-18(13-28-20(17)11-15(14)2)22(27)24-19-4-3-7-23-21(19)25-8-5-16(12-26)6-9-25/h3-4,7,10-11,13,16,26H,5-6,8-9,12H2,1-2H3,(H,24,27). The number of aryl methyl sites for hydroxylation is 2. The van der Waals surface area contributed by atoms with E-state index in [4.69, 9.17) is 4.42 Å². The Balaban J connectivity index is 1.58. The van der Waals surface area contributed by atoms with Crippen molar-refractivity contribution in [2.45, 2.75) is 26.7 Å². The van der Waals surface area contributed by atoms with Crippen LogP contribution in [0.4, 0.5) is 11.5 Å². The largest absolute Gasteiger partial charge is 0.463 e. The molecule has 0 radical (unpaired) electrons. The van der Waals surface area contributed by atoms with Crippen LogP contribution in [-0.2, 0) is 0 Å². The summed E-state index contributed by atoms with van der Waals surface area (Å²) in [6, 6.07) is 7.64. The minimum absolute atomic E-state index is 0.207. The highest BCUT2D eigenvalue weighted by molar-refractivity contribution is 6.13. The fourth-order valence-corrected chi connectivity index (χ4v) is 3.72. The molecule has 6 nitrogen and oxygen atoms in total. The molecule has 1 amide bonds. The van der Waals surface area contributed by atoms with E-state index < -0.39 is 0 Å². The second-order valence-electron chi connectivity index (χ2n) is 7.52. The number of aliphatic hydroxyl groups excluding tert-OH is 1. The Hall–Kier alpha value is -2.86. The lowest BCUT2D eigenvalue weighted by molar-refractivity contribution is 0.102. The van der Waals surface area contributed by atoms with Crippen molar-refractivity contribution in [2.75, 3.05) is 29.9 Å². The molecule has 1 aliphatic rings. The third-order valence-corrected chi connectivity index (χ3v) is 5.64. The highest BCUT2D eigenvalue weighted by atomic mass is 16.3. The third-order valence-electron chi connectivity index (χ3n) is 5.64. The minimum atomic E-state index is -0.207. The van der Waals surface area contributed by atoms with Gasteiger partial charge in [0.15, 0.2) is 5.82 Å². The predicted molar refractivity (Wildman–Crippen MR) is 110 cm³/mol. The Morgan fingerprint density at radius 2 is 2.04 bits per heavy atom. The van der Waals surface area contributed by atoms with Crippen LogP contribution in [0.3, 0.4) is 0 Å². The number of rotatable bonds is 4. The van der Waals surface area contributed by atoms with Crippen molar-refractivity contribution in [3.8, 4) is 0 Å².